The third-order valence-corrected chi connectivity index (χ3v) is 3.85. The van der Waals surface area contributed by atoms with E-state index in [-0.39, 0.29) is 0 Å². The van der Waals surface area contributed by atoms with Crippen LogP contribution in [0.5, 0.6) is 5.75 Å². The number of allylic oxidation sites excluding steroid dienone is 1. The molecule has 1 N–H and O–H groups in total. The second-order valence-electron chi connectivity index (χ2n) is 5.53. The number of hydrogen-bond donors (Lipinski definition) is 1. The normalized spacial score (nSPS) is 10.8. The van der Waals surface area contributed by atoms with Gasteiger partial charge in [-0.15, -0.1) is 6.58 Å². The molecule has 0 fully saturated rings. The van der Waals surface area contributed by atoms with Crippen LogP contribution in [0.4, 0.5) is 0 Å². The molecule has 0 bridgehead atoms. The van der Waals surface area contributed by atoms with Crippen LogP contribution >= 0.6 is 0 Å². The SMILES string of the molecule is C=CCc1ccccc1OCc1nc2cc(C)c(C)cc2[nH]1. The lowest BCUT2D eigenvalue weighted by Gasteiger charge is -2.08. The van der Waals surface area contributed by atoms with Crippen molar-refractivity contribution in [1.29, 1.82) is 0 Å². The van der Waals surface area contributed by atoms with Gasteiger partial charge in [-0.3, -0.25) is 0 Å². The van der Waals surface area contributed by atoms with Crippen molar-refractivity contribution in [2.75, 3.05) is 0 Å². The number of imidazole rings is 1. The van der Waals surface area contributed by atoms with Crippen LogP contribution < -0.4 is 4.74 Å². The minimum Gasteiger partial charge on any atom is -0.485 e. The number of hydrogen-bond acceptors (Lipinski definition) is 2. The van der Waals surface area contributed by atoms with Crippen molar-refractivity contribution in [3.63, 3.8) is 0 Å². The van der Waals surface area contributed by atoms with Crippen LogP contribution in [0.3, 0.4) is 0 Å². The topological polar surface area (TPSA) is 37.9 Å². The van der Waals surface area contributed by atoms with Crippen LogP contribution in [0.1, 0.15) is 22.5 Å². The molecule has 3 rings (SSSR count). The molecule has 0 radical (unpaired) electrons. The van der Waals surface area contributed by atoms with Crippen molar-refractivity contribution in [3.05, 3.63) is 71.6 Å². The third-order valence-electron chi connectivity index (χ3n) is 3.85. The summed E-state index contributed by atoms with van der Waals surface area (Å²) >= 11 is 0. The fourth-order valence-corrected chi connectivity index (χ4v) is 2.51. The van der Waals surface area contributed by atoms with E-state index in [0.717, 1.165) is 34.6 Å². The lowest BCUT2D eigenvalue weighted by atomic mass is 10.1. The van der Waals surface area contributed by atoms with Gasteiger partial charge >= 0.3 is 0 Å². The number of H-pyrrole nitrogens is 1. The molecule has 0 spiro atoms. The van der Waals surface area contributed by atoms with E-state index in [2.05, 4.69) is 48.6 Å². The highest BCUT2D eigenvalue weighted by Crippen LogP contribution is 2.21. The Balaban J connectivity index is 1.81. The Kier molecular flexibility index (Phi) is 3.96. The van der Waals surface area contributed by atoms with Crippen LogP contribution in [-0.4, -0.2) is 9.97 Å². The van der Waals surface area contributed by atoms with Gasteiger partial charge in [-0.05, 0) is 55.2 Å². The number of nitrogens with one attached hydrogen (secondary N) is 1. The maximum Gasteiger partial charge on any atom is 0.146 e. The van der Waals surface area contributed by atoms with E-state index in [1.54, 1.807) is 0 Å². The summed E-state index contributed by atoms with van der Waals surface area (Å²) < 4.78 is 5.92. The van der Waals surface area contributed by atoms with Gasteiger partial charge in [0.1, 0.15) is 18.2 Å². The van der Waals surface area contributed by atoms with Gasteiger partial charge in [-0.2, -0.15) is 0 Å². The molecule has 0 atom stereocenters. The molecule has 0 saturated carbocycles. The van der Waals surface area contributed by atoms with E-state index in [4.69, 9.17) is 4.74 Å². The van der Waals surface area contributed by atoms with Gasteiger partial charge < -0.3 is 9.72 Å². The highest BCUT2D eigenvalue weighted by atomic mass is 16.5. The summed E-state index contributed by atoms with van der Waals surface area (Å²) in [6.45, 7) is 8.43. The summed E-state index contributed by atoms with van der Waals surface area (Å²) in [5, 5.41) is 0. The quantitative estimate of drug-likeness (QED) is 0.704. The van der Waals surface area contributed by atoms with Crippen molar-refractivity contribution in [3.8, 4) is 5.75 Å². The zero-order chi connectivity index (χ0) is 15.5. The van der Waals surface area contributed by atoms with Crippen LogP contribution in [0, 0.1) is 13.8 Å². The van der Waals surface area contributed by atoms with Gasteiger partial charge in [-0.25, -0.2) is 4.98 Å². The van der Waals surface area contributed by atoms with Crippen LogP contribution in [0.25, 0.3) is 11.0 Å². The average Bonchev–Trinajstić information content (AvgIpc) is 2.89. The molecule has 1 heterocycles. The second-order valence-corrected chi connectivity index (χ2v) is 5.53. The van der Waals surface area contributed by atoms with Crippen LogP contribution in [0.2, 0.25) is 0 Å². The fourth-order valence-electron chi connectivity index (χ4n) is 2.51. The summed E-state index contributed by atoms with van der Waals surface area (Å²) in [4.78, 5) is 7.93. The summed E-state index contributed by atoms with van der Waals surface area (Å²) in [6.07, 6.45) is 2.68. The molecule has 0 aliphatic carbocycles. The van der Waals surface area contributed by atoms with Crippen molar-refractivity contribution in [2.45, 2.75) is 26.9 Å². The number of fused-ring (bicyclic) bond motifs is 1. The minimum atomic E-state index is 0.431. The number of aromatic amines is 1. The molecular formula is C19H20N2O. The van der Waals surface area contributed by atoms with Crippen molar-refractivity contribution >= 4 is 11.0 Å². The third kappa shape index (κ3) is 2.89. The summed E-state index contributed by atoms with van der Waals surface area (Å²) in [5.41, 5.74) is 5.70. The average molecular weight is 292 g/mol. The Labute approximate surface area is 130 Å². The highest BCUT2D eigenvalue weighted by Gasteiger charge is 2.07. The molecule has 1 aromatic heterocycles. The first kappa shape index (κ1) is 14.4. The first-order valence-corrected chi connectivity index (χ1v) is 7.45. The largest absolute Gasteiger partial charge is 0.485 e. The summed E-state index contributed by atoms with van der Waals surface area (Å²) in [5.74, 6) is 1.73. The molecule has 0 unspecified atom stereocenters. The van der Waals surface area contributed by atoms with Crippen molar-refractivity contribution < 1.29 is 4.74 Å². The molecule has 0 aliphatic rings. The van der Waals surface area contributed by atoms with E-state index in [1.807, 2.05) is 24.3 Å². The van der Waals surface area contributed by atoms with Gasteiger partial charge in [0.25, 0.3) is 0 Å². The molecule has 0 amide bonds. The standard InChI is InChI=1S/C19H20N2O/c1-4-7-15-8-5-6-9-18(15)22-12-19-20-16-10-13(2)14(3)11-17(16)21-19/h4-6,8-11H,1,7,12H2,2-3H3,(H,20,21). The van der Waals surface area contributed by atoms with E-state index < -0.39 is 0 Å². The lowest BCUT2D eigenvalue weighted by molar-refractivity contribution is 0.295. The Morgan fingerprint density at radius 3 is 2.77 bits per heavy atom. The van der Waals surface area contributed by atoms with Gasteiger partial charge in [0.15, 0.2) is 0 Å². The molecule has 0 aliphatic heterocycles. The zero-order valence-corrected chi connectivity index (χ0v) is 13.0. The molecule has 3 heteroatoms. The Morgan fingerprint density at radius 1 is 1.18 bits per heavy atom. The van der Waals surface area contributed by atoms with E-state index >= 15 is 0 Å². The maximum absolute atomic E-state index is 5.92. The van der Waals surface area contributed by atoms with Crippen molar-refractivity contribution in [1.82, 2.24) is 9.97 Å². The predicted molar refractivity (Wildman–Crippen MR) is 90.2 cm³/mol. The van der Waals surface area contributed by atoms with Crippen LogP contribution in [0.15, 0.2) is 49.1 Å². The smallest absolute Gasteiger partial charge is 0.146 e. The number of aromatic nitrogens is 2. The number of para-hydroxylation sites is 1. The van der Waals surface area contributed by atoms with Crippen LogP contribution in [-0.2, 0) is 13.0 Å². The monoisotopic (exact) mass is 292 g/mol. The molecule has 112 valence electrons. The van der Waals surface area contributed by atoms with Gasteiger partial charge in [0.05, 0.1) is 11.0 Å². The molecule has 3 aromatic rings. The van der Waals surface area contributed by atoms with E-state index in [0.29, 0.717) is 6.61 Å². The lowest BCUT2D eigenvalue weighted by Crippen LogP contribution is -1.99. The summed E-state index contributed by atoms with van der Waals surface area (Å²) in [7, 11) is 0. The first-order valence-electron chi connectivity index (χ1n) is 7.45. The van der Waals surface area contributed by atoms with E-state index in [9.17, 15) is 0 Å². The Morgan fingerprint density at radius 2 is 1.95 bits per heavy atom. The molecular weight excluding hydrogens is 272 g/mol. The summed E-state index contributed by atoms with van der Waals surface area (Å²) in [6, 6.07) is 12.3. The number of ether oxygens (including phenoxy) is 1. The number of benzene rings is 2. The van der Waals surface area contributed by atoms with E-state index in [1.165, 1.54) is 11.1 Å². The van der Waals surface area contributed by atoms with Gasteiger partial charge in [0, 0.05) is 0 Å². The molecule has 0 saturated heterocycles. The second kappa shape index (κ2) is 6.06. The number of aryl methyl sites for hydroxylation is 2. The Hall–Kier alpha value is -2.55. The number of rotatable bonds is 5. The first-order chi connectivity index (χ1) is 10.7. The van der Waals surface area contributed by atoms with Crippen molar-refractivity contribution in [2.24, 2.45) is 0 Å². The molecule has 22 heavy (non-hydrogen) atoms. The number of nitrogens with zero attached hydrogens (tertiary/aromatic N) is 1. The minimum absolute atomic E-state index is 0.431. The molecule has 2 aromatic carbocycles. The highest BCUT2D eigenvalue weighted by molar-refractivity contribution is 5.77. The van der Waals surface area contributed by atoms with Gasteiger partial charge in [-0.1, -0.05) is 24.3 Å². The fraction of sp³-hybridized carbons (Fsp3) is 0.211. The maximum atomic E-state index is 5.92. The Bertz CT molecular complexity index is 778. The molecule has 3 nitrogen and oxygen atoms in total. The predicted octanol–water partition coefficient (Wildman–Crippen LogP) is 4.49. The van der Waals surface area contributed by atoms with Gasteiger partial charge in [0.2, 0.25) is 0 Å². The zero-order valence-electron chi connectivity index (χ0n) is 13.0.